The largest absolute Gasteiger partial charge is 0.464 e. The van der Waals surface area contributed by atoms with Gasteiger partial charge >= 0.3 is 11.7 Å². The van der Waals surface area contributed by atoms with Crippen molar-refractivity contribution >= 4 is 33.5 Å². The van der Waals surface area contributed by atoms with E-state index >= 15 is 0 Å². The van der Waals surface area contributed by atoms with Gasteiger partial charge in [0.25, 0.3) is 0 Å². The molecule has 0 radical (unpaired) electrons. The Bertz CT molecular complexity index is 678. The highest BCUT2D eigenvalue weighted by Gasteiger charge is 2.12. The molecule has 0 atom stereocenters. The van der Waals surface area contributed by atoms with Gasteiger partial charge in [0.05, 0.1) is 12.2 Å². The van der Waals surface area contributed by atoms with Gasteiger partial charge in [0.1, 0.15) is 6.61 Å². The fourth-order valence-corrected chi connectivity index (χ4v) is 2.21. The maximum atomic E-state index is 12.2. The van der Waals surface area contributed by atoms with E-state index in [1.807, 2.05) is 0 Å². The maximum absolute atomic E-state index is 12.2. The number of nitrogens with zero attached hydrogens (tertiary/aromatic N) is 3. The van der Waals surface area contributed by atoms with Gasteiger partial charge in [0, 0.05) is 11.9 Å². The van der Waals surface area contributed by atoms with E-state index in [0.717, 1.165) is 0 Å². The number of carbonyl (C=O) groups excluding carboxylic acids is 1. The van der Waals surface area contributed by atoms with Crippen molar-refractivity contribution in [2.45, 2.75) is 13.5 Å². The molecular weight excluding hydrogens is 350 g/mol. The lowest BCUT2D eigenvalue weighted by atomic mass is 10.3. The van der Waals surface area contributed by atoms with Crippen LogP contribution in [0.25, 0.3) is 5.69 Å². The summed E-state index contributed by atoms with van der Waals surface area (Å²) in [6, 6.07) is 6.74. The number of carbonyl (C=O) groups is 1. The molecule has 0 spiro atoms. The molecule has 106 valence electrons. The van der Waals surface area contributed by atoms with Gasteiger partial charge in [-0.05, 0) is 40.2 Å². The lowest BCUT2D eigenvalue weighted by Crippen LogP contribution is -2.25. The van der Waals surface area contributed by atoms with Gasteiger partial charge in [-0.3, -0.25) is 9.36 Å². The van der Waals surface area contributed by atoms with E-state index in [0.29, 0.717) is 15.4 Å². The third-order valence-corrected chi connectivity index (χ3v) is 3.35. The molecule has 0 amide bonds. The Morgan fingerprint density at radius 3 is 2.65 bits per heavy atom. The molecule has 0 aliphatic heterocycles. The molecule has 1 aromatic heterocycles. The van der Waals surface area contributed by atoms with Crippen LogP contribution in [0.4, 0.5) is 0 Å². The minimum Gasteiger partial charge on any atom is -0.464 e. The molecule has 0 aliphatic rings. The first-order valence-electron chi connectivity index (χ1n) is 5.73. The van der Waals surface area contributed by atoms with Gasteiger partial charge in [-0.25, -0.2) is 4.79 Å². The van der Waals surface area contributed by atoms with Crippen molar-refractivity contribution in [1.82, 2.24) is 14.3 Å². The molecule has 2 aromatic rings. The quantitative estimate of drug-likeness (QED) is 0.782. The summed E-state index contributed by atoms with van der Waals surface area (Å²) < 4.78 is 7.79. The minimum absolute atomic E-state index is 0.111. The molecule has 1 aromatic carbocycles. The van der Waals surface area contributed by atoms with E-state index < -0.39 is 0 Å². The number of ether oxygens (including phenoxy) is 1. The smallest absolute Gasteiger partial charge is 0.351 e. The molecule has 0 saturated heterocycles. The van der Waals surface area contributed by atoms with Crippen molar-refractivity contribution in [2.24, 2.45) is 0 Å². The van der Waals surface area contributed by atoms with Crippen molar-refractivity contribution in [3.05, 3.63) is 44.5 Å². The molecule has 8 heteroatoms. The van der Waals surface area contributed by atoms with Gasteiger partial charge in [0.2, 0.25) is 4.73 Å². The number of hydrogen-bond donors (Lipinski definition) is 0. The summed E-state index contributed by atoms with van der Waals surface area (Å²) in [6.45, 7) is 1.65. The summed E-state index contributed by atoms with van der Waals surface area (Å²) in [4.78, 5) is 22.9. The average molecular weight is 361 g/mol. The Morgan fingerprint density at radius 1 is 1.40 bits per heavy atom. The molecule has 0 fully saturated rings. The second-order valence-electron chi connectivity index (χ2n) is 3.93. The Morgan fingerprint density at radius 2 is 2.05 bits per heavy atom. The first-order valence-corrected chi connectivity index (χ1v) is 6.91. The molecular formula is C12H11BrClN3O3. The number of rotatable bonds is 4. The molecule has 0 N–H and O–H groups in total. The van der Waals surface area contributed by atoms with E-state index in [2.05, 4.69) is 21.0 Å². The Balaban J connectivity index is 2.26. The summed E-state index contributed by atoms with van der Waals surface area (Å²) >= 11 is 9.01. The maximum Gasteiger partial charge on any atom is 0.351 e. The summed E-state index contributed by atoms with van der Waals surface area (Å²) in [7, 11) is 0. The molecule has 0 unspecified atom stereocenters. The lowest BCUT2D eigenvalue weighted by molar-refractivity contribution is -0.141. The van der Waals surface area contributed by atoms with E-state index in [4.69, 9.17) is 16.3 Å². The highest BCUT2D eigenvalue weighted by atomic mass is 79.9. The van der Waals surface area contributed by atoms with Crippen LogP contribution in [-0.4, -0.2) is 26.9 Å². The van der Waals surface area contributed by atoms with Crippen LogP contribution in [-0.2, 0) is 16.1 Å². The Labute approximate surface area is 128 Å². The van der Waals surface area contributed by atoms with Crippen LogP contribution in [0.3, 0.4) is 0 Å². The van der Waals surface area contributed by atoms with Gasteiger partial charge in [-0.1, -0.05) is 11.6 Å². The predicted molar refractivity (Wildman–Crippen MR) is 77.2 cm³/mol. The molecule has 1 heterocycles. The van der Waals surface area contributed by atoms with Crippen LogP contribution >= 0.6 is 27.5 Å². The first-order chi connectivity index (χ1) is 9.49. The van der Waals surface area contributed by atoms with Crippen LogP contribution in [0.1, 0.15) is 6.92 Å². The van der Waals surface area contributed by atoms with Crippen molar-refractivity contribution in [3.8, 4) is 5.69 Å². The Hall–Kier alpha value is -1.60. The highest BCUT2D eigenvalue weighted by molar-refractivity contribution is 9.10. The first kappa shape index (κ1) is 14.8. The van der Waals surface area contributed by atoms with Gasteiger partial charge in [-0.2, -0.15) is 4.68 Å². The third kappa shape index (κ3) is 3.29. The van der Waals surface area contributed by atoms with Crippen LogP contribution in [0, 0.1) is 0 Å². The predicted octanol–water partition coefficient (Wildman–Crippen LogP) is 2.01. The minimum atomic E-state index is -0.390. The Kier molecular flexibility index (Phi) is 4.61. The lowest BCUT2D eigenvalue weighted by Gasteiger charge is -2.02. The highest BCUT2D eigenvalue weighted by Crippen LogP contribution is 2.13. The molecule has 0 saturated carbocycles. The molecule has 2 rings (SSSR count). The van der Waals surface area contributed by atoms with Crippen molar-refractivity contribution in [3.63, 3.8) is 0 Å². The summed E-state index contributed by atoms with van der Waals surface area (Å²) in [6.07, 6.45) is 0. The number of benzene rings is 1. The van der Waals surface area contributed by atoms with Crippen LogP contribution in [0.2, 0.25) is 5.02 Å². The number of halogens is 2. The zero-order valence-corrected chi connectivity index (χ0v) is 12.9. The van der Waals surface area contributed by atoms with E-state index in [1.165, 1.54) is 16.2 Å². The fourth-order valence-electron chi connectivity index (χ4n) is 1.59. The summed E-state index contributed by atoms with van der Waals surface area (Å²) in [5, 5.41) is 4.69. The van der Waals surface area contributed by atoms with Crippen molar-refractivity contribution in [2.75, 3.05) is 6.61 Å². The van der Waals surface area contributed by atoms with Crippen molar-refractivity contribution < 1.29 is 9.53 Å². The van der Waals surface area contributed by atoms with E-state index in [1.54, 1.807) is 24.3 Å². The molecule has 0 bridgehead atoms. The van der Waals surface area contributed by atoms with Gasteiger partial charge < -0.3 is 4.74 Å². The topological polar surface area (TPSA) is 66.1 Å². The van der Waals surface area contributed by atoms with E-state index in [9.17, 15) is 9.59 Å². The second-order valence-corrected chi connectivity index (χ2v) is 5.08. The fraction of sp³-hybridized carbons (Fsp3) is 0.250. The van der Waals surface area contributed by atoms with Crippen LogP contribution in [0.5, 0.6) is 0 Å². The monoisotopic (exact) mass is 359 g/mol. The van der Waals surface area contributed by atoms with Gasteiger partial charge in [-0.15, -0.1) is 5.10 Å². The van der Waals surface area contributed by atoms with Crippen LogP contribution in [0.15, 0.2) is 33.8 Å². The SMILES string of the molecule is CC(=O)OCCn1c(Br)nn(-c2ccc(Cl)cc2)c1=O. The standard InChI is InChI=1S/C12H11BrClN3O3/c1-8(18)20-7-6-16-11(13)15-17(12(16)19)10-4-2-9(14)3-5-10/h2-5H,6-7H2,1H3. The normalized spacial score (nSPS) is 10.6. The average Bonchev–Trinajstić information content (AvgIpc) is 2.67. The van der Waals surface area contributed by atoms with Gasteiger partial charge in [0.15, 0.2) is 0 Å². The third-order valence-electron chi connectivity index (χ3n) is 2.51. The zero-order valence-electron chi connectivity index (χ0n) is 10.5. The molecule has 20 heavy (non-hydrogen) atoms. The summed E-state index contributed by atoms with van der Waals surface area (Å²) in [5.74, 6) is -0.390. The molecule has 6 nitrogen and oxygen atoms in total. The summed E-state index contributed by atoms with van der Waals surface area (Å²) in [5.41, 5.74) is 0.276. The number of esters is 1. The van der Waals surface area contributed by atoms with E-state index in [-0.39, 0.29) is 24.8 Å². The number of aromatic nitrogens is 3. The molecule has 0 aliphatic carbocycles. The van der Waals surface area contributed by atoms with Crippen molar-refractivity contribution in [1.29, 1.82) is 0 Å². The number of hydrogen-bond acceptors (Lipinski definition) is 4. The second kappa shape index (κ2) is 6.23. The zero-order chi connectivity index (χ0) is 14.7. The van der Waals surface area contributed by atoms with Crippen LogP contribution < -0.4 is 5.69 Å².